The number of alkyl halides is 3. The van der Waals surface area contributed by atoms with Gasteiger partial charge in [-0.25, -0.2) is 14.3 Å². The van der Waals surface area contributed by atoms with Gasteiger partial charge in [0.25, 0.3) is 5.88 Å². The van der Waals surface area contributed by atoms with Crippen LogP contribution in [-0.4, -0.2) is 43.8 Å². The first-order valence-corrected chi connectivity index (χ1v) is 10.2. The van der Waals surface area contributed by atoms with Crippen molar-refractivity contribution in [3.05, 3.63) is 50.7 Å². The highest BCUT2D eigenvalue weighted by molar-refractivity contribution is 5.76. The molecule has 0 saturated heterocycles. The molecule has 182 valence electrons. The Bertz CT molecular complexity index is 1090. The fourth-order valence-electron chi connectivity index (χ4n) is 2.87. The fraction of sp³-hybridized carbons (Fsp3) is 0.524. The molecule has 1 N–H and O–H groups in total. The summed E-state index contributed by atoms with van der Waals surface area (Å²) in [7, 11) is 1.28. The van der Waals surface area contributed by atoms with Crippen LogP contribution in [0.2, 0.25) is 0 Å². The van der Waals surface area contributed by atoms with E-state index >= 15 is 0 Å². The van der Waals surface area contributed by atoms with Gasteiger partial charge in [-0.15, -0.1) is 5.10 Å². The summed E-state index contributed by atoms with van der Waals surface area (Å²) in [6, 6.07) is 6.87. The molecule has 12 heteroatoms. The van der Waals surface area contributed by atoms with Crippen LogP contribution in [0.25, 0.3) is 0 Å². The third-order valence-corrected chi connectivity index (χ3v) is 4.65. The number of carbonyl (C=O) groups is 1. The average Bonchev–Trinajstić information content (AvgIpc) is 2.70. The van der Waals surface area contributed by atoms with E-state index in [1.54, 1.807) is 18.2 Å². The summed E-state index contributed by atoms with van der Waals surface area (Å²) in [4.78, 5) is 35.7. The van der Waals surface area contributed by atoms with Crippen LogP contribution in [0.3, 0.4) is 0 Å². The Hall–Kier alpha value is -3.31. The van der Waals surface area contributed by atoms with Crippen LogP contribution >= 0.6 is 0 Å². The van der Waals surface area contributed by atoms with Crippen molar-refractivity contribution in [2.75, 3.05) is 6.61 Å². The minimum Gasteiger partial charge on any atom is -0.478 e. The molecule has 0 aliphatic rings. The topological polar surface area (TPSA) is 113 Å². The standard InChI is InChI=1S/C21H26F3N3O6/c1-20(2,18(29)30)33-15-9-4-7-14(13-15)8-5-12-32-16-17(28)27(19(31)26(3)25-16)11-6-10-21(22,23)24/h4,7,9,13H,5-6,8,10-12H2,1-3H3,(H,29,30). The third kappa shape index (κ3) is 7.65. The molecule has 0 bridgehead atoms. The number of halogens is 3. The Balaban J connectivity index is 1.98. The minimum absolute atomic E-state index is 0.0642. The maximum atomic E-state index is 12.4. The van der Waals surface area contributed by atoms with Crippen molar-refractivity contribution in [2.24, 2.45) is 7.05 Å². The summed E-state index contributed by atoms with van der Waals surface area (Å²) in [5, 5.41) is 12.9. The first kappa shape index (κ1) is 25.9. The number of hydrogen-bond acceptors (Lipinski definition) is 6. The quantitative estimate of drug-likeness (QED) is 0.499. The van der Waals surface area contributed by atoms with Crippen LogP contribution in [-0.2, 0) is 24.8 Å². The Morgan fingerprint density at radius 2 is 1.88 bits per heavy atom. The summed E-state index contributed by atoms with van der Waals surface area (Å²) in [5.41, 5.74) is -2.26. The van der Waals surface area contributed by atoms with Gasteiger partial charge < -0.3 is 14.6 Å². The summed E-state index contributed by atoms with van der Waals surface area (Å²) in [6.45, 7) is 2.54. The molecule has 0 unspecified atom stereocenters. The van der Waals surface area contributed by atoms with Gasteiger partial charge in [-0.1, -0.05) is 12.1 Å². The molecule has 0 fully saturated rings. The van der Waals surface area contributed by atoms with E-state index in [1.807, 2.05) is 6.07 Å². The zero-order valence-corrected chi connectivity index (χ0v) is 18.5. The van der Waals surface area contributed by atoms with Crippen molar-refractivity contribution in [3.63, 3.8) is 0 Å². The molecular formula is C21H26F3N3O6. The largest absolute Gasteiger partial charge is 0.478 e. The van der Waals surface area contributed by atoms with Gasteiger partial charge in [-0.3, -0.25) is 9.36 Å². The number of aryl methyl sites for hydroxylation is 2. The number of carboxylic acid groups (broad SMARTS) is 1. The summed E-state index contributed by atoms with van der Waals surface area (Å²) < 4.78 is 49.5. The van der Waals surface area contributed by atoms with Gasteiger partial charge in [0.1, 0.15) is 5.75 Å². The van der Waals surface area contributed by atoms with Gasteiger partial charge >= 0.3 is 23.4 Å². The molecule has 1 heterocycles. The number of carboxylic acids is 1. The molecule has 0 saturated carbocycles. The first-order chi connectivity index (χ1) is 15.3. The van der Waals surface area contributed by atoms with Crippen LogP contribution < -0.4 is 20.7 Å². The highest BCUT2D eigenvalue weighted by Crippen LogP contribution is 2.22. The smallest absolute Gasteiger partial charge is 0.389 e. The number of rotatable bonds is 11. The maximum Gasteiger partial charge on any atom is 0.389 e. The highest BCUT2D eigenvalue weighted by atomic mass is 19.4. The molecule has 9 nitrogen and oxygen atoms in total. The summed E-state index contributed by atoms with van der Waals surface area (Å²) in [5.74, 6) is -1.08. The van der Waals surface area contributed by atoms with E-state index in [0.29, 0.717) is 23.2 Å². The van der Waals surface area contributed by atoms with E-state index in [0.717, 1.165) is 10.2 Å². The molecule has 2 rings (SSSR count). The molecule has 33 heavy (non-hydrogen) atoms. The first-order valence-electron chi connectivity index (χ1n) is 10.2. The number of ether oxygens (including phenoxy) is 2. The fourth-order valence-corrected chi connectivity index (χ4v) is 2.87. The Labute approximate surface area is 187 Å². The van der Waals surface area contributed by atoms with E-state index in [4.69, 9.17) is 14.6 Å². The second kappa shape index (κ2) is 10.5. The molecule has 0 aliphatic carbocycles. The summed E-state index contributed by atoms with van der Waals surface area (Å²) >= 11 is 0. The molecule has 1 aromatic heterocycles. The average molecular weight is 473 g/mol. The van der Waals surface area contributed by atoms with Crippen LogP contribution in [0, 0.1) is 0 Å². The predicted molar refractivity (Wildman–Crippen MR) is 112 cm³/mol. The second-order valence-corrected chi connectivity index (χ2v) is 7.90. The zero-order valence-electron chi connectivity index (χ0n) is 18.5. The minimum atomic E-state index is -4.38. The van der Waals surface area contributed by atoms with Crippen molar-refractivity contribution in [2.45, 2.75) is 57.9 Å². The van der Waals surface area contributed by atoms with Gasteiger partial charge in [0, 0.05) is 20.0 Å². The van der Waals surface area contributed by atoms with Gasteiger partial charge in [-0.05, 0) is 50.8 Å². The van der Waals surface area contributed by atoms with Crippen molar-refractivity contribution in [1.29, 1.82) is 0 Å². The van der Waals surface area contributed by atoms with E-state index in [1.165, 1.54) is 20.9 Å². The Morgan fingerprint density at radius 1 is 1.18 bits per heavy atom. The predicted octanol–water partition coefficient (Wildman–Crippen LogP) is 2.54. The van der Waals surface area contributed by atoms with Crippen molar-refractivity contribution in [1.82, 2.24) is 14.3 Å². The zero-order chi connectivity index (χ0) is 24.8. The molecule has 0 aliphatic heterocycles. The van der Waals surface area contributed by atoms with Crippen LogP contribution in [0.1, 0.15) is 38.7 Å². The van der Waals surface area contributed by atoms with E-state index < -0.39 is 48.4 Å². The van der Waals surface area contributed by atoms with Crippen molar-refractivity contribution >= 4 is 5.97 Å². The number of benzene rings is 1. The summed E-state index contributed by atoms with van der Waals surface area (Å²) in [6.07, 6.45) is -4.96. The lowest BCUT2D eigenvalue weighted by Crippen LogP contribution is -2.41. The second-order valence-electron chi connectivity index (χ2n) is 7.90. The molecule has 2 aromatic rings. The van der Waals surface area contributed by atoms with Gasteiger partial charge in [0.2, 0.25) is 0 Å². The third-order valence-electron chi connectivity index (χ3n) is 4.65. The van der Waals surface area contributed by atoms with Crippen LogP contribution in [0.5, 0.6) is 11.6 Å². The number of aromatic nitrogens is 3. The van der Waals surface area contributed by atoms with Crippen molar-refractivity contribution < 1.29 is 32.5 Å². The molecule has 0 atom stereocenters. The molecular weight excluding hydrogens is 447 g/mol. The maximum absolute atomic E-state index is 12.4. The van der Waals surface area contributed by atoms with Crippen molar-refractivity contribution in [3.8, 4) is 11.6 Å². The van der Waals surface area contributed by atoms with Gasteiger partial charge in [0.05, 0.1) is 6.61 Å². The van der Waals surface area contributed by atoms with Crippen LogP contribution in [0.4, 0.5) is 13.2 Å². The SMILES string of the molecule is Cn1nc(OCCCc2cccc(OC(C)(C)C(=O)O)c2)c(=O)n(CCCC(F)(F)F)c1=O. The van der Waals surface area contributed by atoms with E-state index in [-0.39, 0.29) is 12.5 Å². The van der Waals surface area contributed by atoms with Gasteiger partial charge in [0.15, 0.2) is 5.60 Å². The number of aliphatic carboxylic acids is 1. The molecule has 0 spiro atoms. The number of nitrogens with zero attached hydrogens (tertiary/aromatic N) is 3. The molecule has 0 radical (unpaired) electrons. The lowest BCUT2D eigenvalue weighted by atomic mass is 10.1. The van der Waals surface area contributed by atoms with Crippen LogP contribution in [0.15, 0.2) is 33.9 Å². The highest BCUT2D eigenvalue weighted by Gasteiger charge is 2.29. The van der Waals surface area contributed by atoms with E-state index in [9.17, 15) is 27.6 Å². The molecule has 0 amide bonds. The normalized spacial score (nSPS) is 11.9. The molecule has 1 aromatic carbocycles. The number of hydrogen-bond donors (Lipinski definition) is 1. The monoisotopic (exact) mass is 473 g/mol. The Morgan fingerprint density at radius 3 is 2.52 bits per heavy atom. The Kier molecular flexibility index (Phi) is 8.29. The lowest BCUT2D eigenvalue weighted by molar-refractivity contribution is -0.152. The lowest BCUT2D eigenvalue weighted by Gasteiger charge is -2.21. The van der Waals surface area contributed by atoms with E-state index in [2.05, 4.69) is 5.10 Å². The van der Waals surface area contributed by atoms with Gasteiger partial charge in [-0.2, -0.15) is 13.2 Å².